The minimum absolute atomic E-state index is 0.0475. The monoisotopic (exact) mass is 279 g/mol. The molecule has 1 aliphatic rings. The standard InChI is InChI=1S/C16H13N3O2/c17-10-5-6-14-9(7-10)8-11(16(20)21-14)15-18-12-3-1-2-4-13(12)19-15/h1-4,6-8,10H,5,17H2,(H,18,19). The quantitative estimate of drug-likeness (QED) is 0.678. The molecule has 0 fully saturated rings. The van der Waals surface area contributed by atoms with Gasteiger partial charge in [-0.1, -0.05) is 18.2 Å². The number of benzene rings is 1. The van der Waals surface area contributed by atoms with Crippen LogP contribution >= 0.6 is 0 Å². The molecule has 5 heteroatoms. The van der Waals surface area contributed by atoms with Crippen LogP contribution in [0.5, 0.6) is 0 Å². The van der Waals surface area contributed by atoms with Gasteiger partial charge in [0.15, 0.2) is 0 Å². The van der Waals surface area contributed by atoms with E-state index in [1.807, 2.05) is 36.4 Å². The van der Waals surface area contributed by atoms with E-state index in [9.17, 15) is 4.79 Å². The number of nitrogens with zero attached hydrogens (tertiary/aromatic N) is 1. The third kappa shape index (κ3) is 1.98. The summed E-state index contributed by atoms with van der Waals surface area (Å²) in [5.74, 6) is 0.514. The fourth-order valence-corrected chi connectivity index (χ4v) is 2.58. The molecule has 2 heterocycles. The summed E-state index contributed by atoms with van der Waals surface area (Å²) < 4.78 is 5.37. The van der Waals surface area contributed by atoms with E-state index in [4.69, 9.17) is 10.2 Å². The Kier molecular flexibility index (Phi) is 2.55. The highest BCUT2D eigenvalue weighted by molar-refractivity contribution is 5.79. The van der Waals surface area contributed by atoms with Crippen LogP contribution in [0.3, 0.4) is 0 Å². The van der Waals surface area contributed by atoms with E-state index in [1.165, 1.54) is 0 Å². The lowest BCUT2D eigenvalue weighted by Gasteiger charge is -2.07. The Morgan fingerprint density at radius 3 is 3.05 bits per heavy atom. The van der Waals surface area contributed by atoms with Crippen LogP contribution in [0, 0.1) is 0 Å². The number of hydrogen-bond donors (Lipinski definition) is 2. The molecule has 21 heavy (non-hydrogen) atoms. The lowest BCUT2D eigenvalue weighted by atomic mass is 10.1. The van der Waals surface area contributed by atoms with Crippen LogP contribution in [0.1, 0.15) is 6.42 Å². The predicted octanol–water partition coefficient (Wildman–Crippen LogP) is 0.475. The van der Waals surface area contributed by atoms with Crippen LogP contribution in [0.25, 0.3) is 34.6 Å². The first-order valence-corrected chi connectivity index (χ1v) is 6.77. The summed E-state index contributed by atoms with van der Waals surface area (Å²) in [5, 5.41) is 0.837. The molecule has 0 radical (unpaired) electrons. The molecule has 4 rings (SSSR count). The van der Waals surface area contributed by atoms with Crippen LogP contribution < -0.4 is 22.0 Å². The summed E-state index contributed by atoms with van der Waals surface area (Å²) in [7, 11) is 0. The maximum atomic E-state index is 12.2. The van der Waals surface area contributed by atoms with Crippen LogP contribution in [0.15, 0.2) is 39.5 Å². The van der Waals surface area contributed by atoms with Gasteiger partial charge in [-0.25, -0.2) is 9.78 Å². The Bertz CT molecular complexity index is 981. The molecule has 1 aliphatic carbocycles. The van der Waals surface area contributed by atoms with E-state index < -0.39 is 5.63 Å². The molecule has 0 amide bonds. The Labute approximate surface area is 119 Å². The van der Waals surface area contributed by atoms with E-state index in [2.05, 4.69) is 9.97 Å². The molecular formula is C16H13N3O2. The van der Waals surface area contributed by atoms with Crippen molar-refractivity contribution in [2.75, 3.05) is 0 Å². The molecule has 3 N–H and O–H groups in total. The van der Waals surface area contributed by atoms with Gasteiger partial charge in [0, 0.05) is 11.3 Å². The van der Waals surface area contributed by atoms with Gasteiger partial charge in [0.05, 0.1) is 11.0 Å². The van der Waals surface area contributed by atoms with E-state index in [-0.39, 0.29) is 6.04 Å². The van der Waals surface area contributed by atoms with Crippen LogP contribution in [0.2, 0.25) is 0 Å². The molecule has 0 saturated heterocycles. The first-order valence-electron chi connectivity index (χ1n) is 6.77. The number of nitrogens with one attached hydrogen (secondary N) is 1. The lowest BCUT2D eigenvalue weighted by Crippen LogP contribution is -2.36. The smallest absolute Gasteiger partial charge is 0.347 e. The average molecular weight is 279 g/mol. The van der Waals surface area contributed by atoms with Crippen molar-refractivity contribution in [1.82, 2.24) is 9.97 Å². The summed E-state index contributed by atoms with van der Waals surface area (Å²) in [6, 6.07) is 9.38. The fourth-order valence-electron chi connectivity index (χ4n) is 2.58. The van der Waals surface area contributed by atoms with Gasteiger partial charge < -0.3 is 15.1 Å². The first kappa shape index (κ1) is 12.1. The van der Waals surface area contributed by atoms with Gasteiger partial charge in [0.1, 0.15) is 16.8 Å². The highest BCUT2D eigenvalue weighted by atomic mass is 16.4. The highest BCUT2D eigenvalue weighted by Gasteiger charge is 2.12. The molecule has 1 aromatic carbocycles. The molecular weight excluding hydrogens is 266 g/mol. The Morgan fingerprint density at radius 2 is 2.19 bits per heavy atom. The van der Waals surface area contributed by atoms with Crippen molar-refractivity contribution < 1.29 is 4.42 Å². The number of aromatic nitrogens is 2. The maximum absolute atomic E-state index is 12.2. The molecule has 0 saturated carbocycles. The summed E-state index contributed by atoms with van der Waals surface area (Å²) in [6.07, 6.45) is 4.44. The topological polar surface area (TPSA) is 84.9 Å². The largest absolute Gasteiger partial charge is 0.423 e. The zero-order chi connectivity index (χ0) is 14.4. The molecule has 0 spiro atoms. The van der Waals surface area contributed by atoms with Gasteiger partial charge in [-0.2, -0.15) is 0 Å². The number of para-hydroxylation sites is 2. The van der Waals surface area contributed by atoms with Crippen LogP contribution in [-0.2, 0) is 0 Å². The van der Waals surface area contributed by atoms with Crippen molar-refractivity contribution in [3.8, 4) is 11.4 Å². The molecule has 3 aromatic rings. The molecule has 5 nitrogen and oxygen atoms in total. The van der Waals surface area contributed by atoms with Gasteiger partial charge in [-0.05, 0) is 30.7 Å². The Balaban J connectivity index is 1.99. The van der Waals surface area contributed by atoms with Crippen molar-refractivity contribution in [3.05, 3.63) is 51.4 Å². The van der Waals surface area contributed by atoms with Crippen LogP contribution in [-0.4, -0.2) is 16.0 Å². The zero-order valence-corrected chi connectivity index (χ0v) is 11.2. The third-order valence-corrected chi connectivity index (χ3v) is 3.62. The van der Waals surface area contributed by atoms with E-state index >= 15 is 0 Å². The second-order valence-corrected chi connectivity index (χ2v) is 5.14. The van der Waals surface area contributed by atoms with Gasteiger partial charge >= 0.3 is 5.63 Å². The fraction of sp³-hybridized carbons (Fsp3) is 0.125. The van der Waals surface area contributed by atoms with Gasteiger partial charge in [-0.15, -0.1) is 0 Å². The summed E-state index contributed by atoms with van der Waals surface area (Å²) in [4.78, 5) is 19.7. The SMILES string of the molecule is NC1C=c2cc(-c3nc4ccccc4[nH]3)c(=O)oc2=CC1. The van der Waals surface area contributed by atoms with Gasteiger partial charge in [0.25, 0.3) is 0 Å². The van der Waals surface area contributed by atoms with E-state index in [0.717, 1.165) is 16.3 Å². The minimum Gasteiger partial charge on any atom is -0.423 e. The lowest BCUT2D eigenvalue weighted by molar-refractivity contribution is 0.471. The zero-order valence-electron chi connectivity index (χ0n) is 11.2. The first-order chi connectivity index (χ1) is 10.2. The predicted molar refractivity (Wildman–Crippen MR) is 80.8 cm³/mol. The Morgan fingerprint density at radius 1 is 1.33 bits per heavy atom. The van der Waals surface area contributed by atoms with Crippen molar-refractivity contribution in [2.45, 2.75) is 12.5 Å². The molecule has 1 atom stereocenters. The van der Waals surface area contributed by atoms with Crippen molar-refractivity contribution >= 4 is 23.2 Å². The Hall–Kier alpha value is -2.66. The van der Waals surface area contributed by atoms with Crippen LogP contribution in [0.4, 0.5) is 0 Å². The third-order valence-electron chi connectivity index (χ3n) is 3.62. The van der Waals surface area contributed by atoms with Crippen molar-refractivity contribution in [3.63, 3.8) is 0 Å². The minimum atomic E-state index is -0.395. The molecule has 0 aliphatic heterocycles. The maximum Gasteiger partial charge on any atom is 0.347 e. The number of hydrogen-bond acceptors (Lipinski definition) is 4. The summed E-state index contributed by atoms with van der Waals surface area (Å²) >= 11 is 0. The van der Waals surface area contributed by atoms with Crippen molar-refractivity contribution in [1.29, 1.82) is 0 Å². The second kappa shape index (κ2) is 4.43. The summed E-state index contributed by atoms with van der Waals surface area (Å²) in [6.45, 7) is 0. The van der Waals surface area contributed by atoms with Gasteiger partial charge in [0.2, 0.25) is 0 Å². The number of nitrogens with two attached hydrogens (primary N) is 1. The van der Waals surface area contributed by atoms with E-state index in [1.54, 1.807) is 6.07 Å². The summed E-state index contributed by atoms with van der Waals surface area (Å²) in [5.41, 5.74) is 8.22. The number of imidazole rings is 1. The normalized spacial score (nSPS) is 17.1. The molecule has 2 aromatic heterocycles. The highest BCUT2D eigenvalue weighted by Crippen LogP contribution is 2.16. The molecule has 0 bridgehead atoms. The number of H-pyrrole nitrogens is 1. The molecule has 104 valence electrons. The average Bonchev–Trinajstić information content (AvgIpc) is 2.90. The van der Waals surface area contributed by atoms with E-state index in [0.29, 0.717) is 23.2 Å². The molecule has 1 unspecified atom stereocenters. The second-order valence-electron chi connectivity index (χ2n) is 5.14. The van der Waals surface area contributed by atoms with Crippen molar-refractivity contribution in [2.24, 2.45) is 5.73 Å². The van der Waals surface area contributed by atoms with Gasteiger partial charge in [-0.3, -0.25) is 0 Å². The number of fused-ring (bicyclic) bond motifs is 2. The number of aromatic amines is 1. The number of rotatable bonds is 1.